The number of aryl methyl sites for hydroxylation is 1. The van der Waals surface area contributed by atoms with Crippen LogP contribution in [-0.4, -0.2) is 103 Å². The van der Waals surface area contributed by atoms with Crippen molar-refractivity contribution in [3.63, 3.8) is 0 Å². The van der Waals surface area contributed by atoms with Gasteiger partial charge in [0, 0.05) is 60.9 Å². The zero-order valence-electron chi connectivity index (χ0n) is 36.2. The number of aromatic nitrogens is 4. The number of rotatable bonds is 8. The van der Waals surface area contributed by atoms with Gasteiger partial charge in [0.15, 0.2) is 11.4 Å². The van der Waals surface area contributed by atoms with Gasteiger partial charge in [-0.05, 0) is 55.4 Å². The molecule has 0 saturated carbocycles. The molecule has 0 spiro atoms. The molecule has 2 aliphatic rings. The van der Waals surface area contributed by atoms with E-state index in [4.69, 9.17) is 41.8 Å². The molecule has 0 unspecified atom stereocenters. The van der Waals surface area contributed by atoms with E-state index in [1.165, 1.54) is 0 Å². The van der Waals surface area contributed by atoms with Gasteiger partial charge < -0.3 is 40.3 Å². The number of hydrogen-bond acceptors (Lipinski definition) is 13. The fourth-order valence-corrected chi connectivity index (χ4v) is 5.10. The van der Waals surface area contributed by atoms with Gasteiger partial charge in [0.05, 0.1) is 38.5 Å². The number of alkyl halides is 1. The first kappa shape index (κ1) is 62.1. The Morgan fingerprint density at radius 3 is 1.79 bits per heavy atom. The van der Waals surface area contributed by atoms with E-state index in [0.717, 1.165) is 23.1 Å². The van der Waals surface area contributed by atoms with E-state index >= 15 is 0 Å². The molecule has 0 aliphatic carbocycles. The number of ether oxygens (including phenoxy) is 4. The first-order valence-corrected chi connectivity index (χ1v) is 18.6. The Morgan fingerprint density at radius 2 is 1.36 bits per heavy atom. The van der Waals surface area contributed by atoms with Gasteiger partial charge in [-0.25, -0.2) is 19.2 Å². The van der Waals surface area contributed by atoms with Gasteiger partial charge >= 0.3 is 162 Å². The number of esters is 2. The standard InChI is InChI=1S/C18H25N3O4.C14H21N3O4.C4H5Br.CH2O3.2Cs.HI.H/c1-6-8-10-21-15(16(22)24-7-2)13-12-20(11-9-14(13)19-21)17(23)25-18(3,4)5;1-5-20-12(18)11-9-8-17(7-6-10(9)15-16-11)13(19)21-14(2,3)4;1-2-3-4-5;2-1-4-3;;;;/h1H,7-12H2,2-5H3;5-8H2,1-4H3,(H,15,16);1H,3-4H2;1,3H;;;1H;/q;;;;2*+1;;-1/p-1. The van der Waals surface area contributed by atoms with E-state index < -0.39 is 29.2 Å². The van der Waals surface area contributed by atoms with Crippen LogP contribution in [0.15, 0.2) is 0 Å². The molecule has 2 amide bonds. The Kier molecular flexibility index (Phi) is 34.7. The van der Waals surface area contributed by atoms with Crippen LogP contribution >= 0.6 is 39.9 Å². The molecule has 0 fully saturated rings. The van der Waals surface area contributed by atoms with Gasteiger partial charge in [-0.2, -0.15) is 10.2 Å². The van der Waals surface area contributed by atoms with Gasteiger partial charge in [0.1, 0.15) is 11.2 Å². The Labute approximate surface area is 486 Å². The fraction of sp³-hybridized carbons (Fsp3) is 0.595. The zero-order valence-corrected chi connectivity index (χ0v) is 51.7. The van der Waals surface area contributed by atoms with Crippen molar-refractivity contribution >= 4 is 70.5 Å². The fourth-order valence-electron chi connectivity index (χ4n) is 4.87. The second kappa shape index (κ2) is 32.4. The summed E-state index contributed by atoms with van der Waals surface area (Å²) in [5, 5.41) is 20.7. The minimum Gasteiger partial charge on any atom is -1.00 e. The Balaban J connectivity index is -0.000000405. The van der Waals surface area contributed by atoms with Crippen LogP contribution in [0.4, 0.5) is 9.59 Å². The van der Waals surface area contributed by atoms with Crippen molar-refractivity contribution in [1.29, 1.82) is 0 Å². The van der Waals surface area contributed by atoms with E-state index in [2.05, 4.69) is 48.0 Å². The molecule has 0 saturated heterocycles. The van der Waals surface area contributed by atoms with Gasteiger partial charge in [-0.1, -0.05) is 15.9 Å². The van der Waals surface area contributed by atoms with Crippen molar-refractivity contribution in [1.82, 2.24) is 29.8 Å². The smallest absolute Gasteiger partial charge is 1.00 e. The first-order valence-electron chi connectivity index (χ1n) is 17.5. The van der Waals surface area contributed by atoms with Gasteiger partial charge in [0.2, 0.25) is 0 Å². The average molecular weight is 1230 g/mol. The van der Waals surface area contributed by atoms with E-state index in [-0.39, 0.29) is 201 Å². The van der Waals surface area contributed by atoms with Crippen molar-refractivity contribution < 1.29 is 192 Å². The second-order valence-corrected chi connectivity index (χ2v) is 14.4. The molecule has 4 rings (SSSR count). The molecule has 58 heavy (non-hydrogen) atoms. The molecule has 0 radical (unpaired) electrons. The SMILES string of the molecule is C#CCCBr.C#CCCn1nc2c(c1C(=O)OCC)CN(C(=O)OC(C)(C)C)CC2.CCOC(=O)c1n[nH]c2c1CN(C(=O)OC(C)(C)C)CC2.I.O=CO[O-].[Cs+].[Cs+].[H-]. The monoisotopic (exact) mass is 1230 g/mol. The summed E-state index contributed by atoms with van der Waals surface area (Å²) in [6, 6.07) is 0. The molecule has 2 aromatic heterocycles. The Bertz CT molecular complexity index is 1690. The van der Waals surface area contributed by atoms with Crippen LogP contribution in [0.25, 0.3) is 0 Å². The first-order chi connectivity index (χ1) is 25.9. The number of H-pyrrole nitrogens is 1. The molecular formula is C37H54BrCs2IN6O11. The average Bonchev–Trinajstić information content (AvgIpc) is 3.71. The Hall–Kier alpha value is -0.236. The molecule has 2 aromatic rings. The van der Waals surface area contributed by atoms with Crippen LogP contribution in [0.3, 0.4) is 0 Å². The molecule has 17 nitrogen and oxygen atoms in total. The number of hydrogen-bond donors (Lipinski definition) is 1. The number of aromatic amines is 1. The topological polar surface area (TPSA) is 208 Å². The molecule has 0 bridgehead atoms. The summed E-state index contributed by atoms with van der Waals surface area (Å²) in [7, 11) is 0. The van der Waals surface area contributed by atoms with Crippen LogP contribution in [0, 0.1) is 24.7 Å². The predicted octanol–water partition coefficient (Wildman–Crippen LogP) is -1.17. The third-order valence-corrected chi connectivity index (χ3v) is 7.42. The third-order valence-electron chi connectivity index (χ3n) is 7.02. The number of carbonyl (C=O) groups is 5. The van der Waals surface area contributed by atoms with Crippen molar-refractivity contribution in [2.45, 2.75) is 112 Å². The minimum atomic E-state index is -0.571. The molecule has 4 heterocycles. The molecule has 1 N–H and O–H groups in total. The van der Waals surface area contributed by atoms with Crippen molar-refractivity contribution in [3.8, 4) is 24.7 Å². The molecule has 21 heteroatoms. The maximum atomic E-state index is 12.4. The summed E-state index contributed by atoms with van der Waals surface area (Å²) in [5.74, 6) is 4.10. The maximum Gasteiger partial charge on any atom is 1.00 e. The Morgan fingerprint density at radius 1 is 0.879 bits per heavy atom. The van der Waals surface area contributed by atoms with Crippen LogP contribution in [0.5, 0.6) is 0 Å². The normalized spacial score (nSPS) is 12.1. The summed E-state index contributed by atoms with van der Waals surface area (Å²) < 4.78 is 22.5. The number of nitrogens with one attached hydrogen (secondary N) is 1. The quantitative estimate of drug-likeness (QED) is 0.0485. The summed E-state index contributed by atoms with van der Waals surface area (Å²) in [6.07, 6.45) is 11.9. The zero-order chi connectivity index (χ0) is 41.8. The summed E-state index contributed by atoms with van der Waals surface area (Å²) >= 11 is 3.17. The number of nitrogens with zero attached hydrogens (tertiary/aromatic N) is 5. The van der Waals surface area contributed by atoms with E-state index in [0.29, 0.717) is 62.3 Å². The minimum absolute atomic E-state index is 0. The molecular weight excluding hydrogens is 1180 g/mol. The number of terminal acetylenes is 2. The number of fused-ring (bicyclic) bond motifs is 2. The van der Waals surface area contributed by atoms with E-state index in [1.807, 2.05) is 41.5 Å². The molecule has 2 aliphatic heterocycles. The summed E-state index contributed by atoms with van der Waals surface area (Å²) in [4.78, 5) is 63.1. The molecule has 314 valence electrons. The van der Waals surface area contributed by atoms with E-state index in [1.54, 1.807) is 28.3 Å². The van der Waals surface area contributed by atoms with Crippen LogP contribution in [0.1, 0.15) is 113 Å². The summed E-state index contributed by atoms with van der Waals surface area (Å²) in [5.41, 5.74) is 2.62. The van der Waals surface area contributed by atoms with Crippen LogP contribution in [0.2, 0.25) is 0 Å². The van der Waals surface area contributed by atoms with Crippen LogP contribution in [-0.2, 0) is 61.1 Å². The summed E-state index contributed by atoms with van der Waals surface area (Å²) in [6.45, 7) is 16.8. The van der Waals surface area contributed by atoms with Gasteiger partial charge in [-0.15, -0.1) is 48.7 Å². The van der Waals surface area contributed by atoms with Crippen molar-refractivity contribution in [2.75, 3.05) is 31.6 Å². The number of amides is 2. The van der Waals surface area contributed by atoms with Crippen LogP contribution < -0.4 is 143 Å². The second-order valence-electron chi connectivity index (χ2n) is 13.6. The molecule has 0 atom stereocenters. The largest absolute Gasteiger partial charge is 1.00 e. The van der Waals surface area contributed by atoms with Crippen molar-refractivity contribution in [2.24, 2.45) is 0 Å². The maximum absolute atomic E-state index is 12.4. The van der Waals surface area contributed by atoms with E-state index in [9.17, 15) is 19.2 Å². The van der Waals surface area contributed by atoms with Crippen molar-refractivity contribution in [3.05, 3.63) is 33.9 Å². The third kappa shape index (κ3) is 22.7. The predicted molar refractivity (Wildman–Crippen MR) is 218 cm³/mol. The van der Waals surface area contributed by atoms with Gasteiger partial charge in [-0.3, -0.25) is 14.6 Å². The molecule has 0 aromatic carbocycles. The number of halogens is 2. The van der Waals surface area contributed by atoms with Gasteiger partial charge in [0.25, 0.3) is 6.47 Å². The number of carbonyl (C=O) groups excluding carboxylic acids is 5.